The maximum Gasteiger partial charge on any atom is 0.269 e. The van der Waals surface area contributed by atoms with Gasteiger partial charge in [0.25, 0.3) is 5.69 Å². The Hall–Kier alpha value is -2.28. The predicted molar refractivity (Wildman–Crippen MR) is 76.7 cm³/mol. The van der Waals surface area contributed by atoms with E-state index >= 15 is 0 Å². The highest BCUT2D eigenvalue weighted by Crippen LogP contribution is 2.27. The normalized spacial score (nSPS) is 14.3. The van der Waals surface area contributed by atoms with Gasteiger partial charge in [-0.1, -0.05) is 17.3 Å². The molecule has 2 aromatic rings. The number of non-ortho nitro benzene ring substituents is 1. The molecule has 0 spiro atoms. The van der Waals surface area contributed by atoms with Crippen LogP contribution in [0.5, 0.6) is 0 Å². The first kappa shape index (κ1) is 13.7. The second kappa shape index (κ2) is 6.01. The van der Waals surface area contributed by atoms with Crippen LogP contribution in [-0.4, -0.2) is 26.5 Å². The molecular formula is C14H17N5O2. The number of hydrogen-bond donors (Lipinski definition) is 1. The van der Waals surface area contributed by atoms with Gasteiger partial charge in [0, 0.05) is 18.7 Å². The molecule has 3 rings (SSSR count). The van der Waals surface area contributed by atoms with Crippen molar-refractivity contribution in [2.45, 2.75) is 25.9 Å². The van der Waals surface area contributed by atoms with Gasteiger partial charge < -0.3 is 5.32 Å². The summed E-state index contributed by atoms with van der Waals surface area (Å²) in [5, 5.41) is 22.3. The van der Waals surface area contributed by atoms with Crippen molar-refractivity contribution in [3.05, 3.63) is 51.8 Å². The molecular weight excluding hydrogens is 270 g/mol. The Morgan fingerprint density at radius 1 is 1.43 bits per heavy atom. The van der Waals surface area contributed by atoms with Crippen molar-refractivity contribution in [1.82, 2.24) is 20.3 Å². The molecule has 0 atom stereocenters. The Bertz CT molecular complexity index is 636. The van der Waals surface area contributed by atoms with E-state index in [0.717, 1.165) is 23.7 Å². The largest absolute Gasteiger partial charge is 0.311 e. The smallest absolute Gasteiger partial charge is 0.269 e. The summed E-state index contributed by atoms with van der Waals surface area (Å²) >= 11 is 0. The second-order valence-electron chi connectivity index (χ2n) is 5.41. The zero-order valence-electron chi connectivity index (χ0n) is 11.6. The molecule has 0 aliphatic heterocycles. The molecule has 7 heteroatoms. The first-order valence-corrected chi connectivity index (χ1v) is 7.04. The van der Waals surface area contributed by atoms with Crippen LogP contribution in [-0.2, 0) is 13.1 Å². The summed E-state index contributed by atoms with van der Waals surface area (Å²) in [6, 6.07) is 6.58. The van der Waals surface area contributed by atoms with Gasteiger partial charge in [0.2, 0.25) is 0 Å². The number of nitro benzene ring substituents is 1. The van der Waals surface area contributed by atoms with Gasteiger partial charge in [-0.3, -0.25) is 10.1 Å². The van der Waals surface area contributed by atoms with Crippen molar-refractivity contribution in [1.29, 1.82) is 0 Å². The summed E-state index contributed by atoms with van der Waals surface area (Å²) in [7, 11) is 0. The maximum atomic E-state index is 10.8. The summed E-state index contributed by atoms with van der Waals surface area (Å²) in [6.07, 6.45) is 4.53. The third kappa shape index (κ3) is 3.85. The van der Waals surface area contributed by atoms with Crippen molar-refractivity contribution >= 4 is 5.69 Å². The van der Waals surface area contributed by atoms with Gasteiger partial charge in [0.05, 0.1) is 23.4 Å². The summed E-state index contributed by atoms with van der Waals surface area (Å²) < 4.78 is 1.70. The molecule has 1 N–H and O–H groups in total. The predicted octanol–water partition coefficient (Wildman–Crippen LogP) is 1.73. The molecule has 0 unspecified atom stereocenters. The third-order valence-corrected chi connectivity index (χ3v) is 3.49. The number of rotatable bonds is 7. The lowest BCUT2D eigenvalue weighted by Crippen LogP contribution is -2.16. The summed E-state index contributed by atoms with van der Waals surface area (Å²) in [5.41, 5.74) is 1.83. The van der Waals surface area contributed by atoms with Crippen molar-refractivity contribution in [2.75, 3.05) is 6.54 Å². The zero-order valence-corrected chi connectivity index (χ0v) is 11.6. The second-order valence-corrected chi connectivity index (χ2v) is 5.41. The number of nitrogens with zero attached hydrogens (tertiary/aromatic N) is 4. The SMILES string of the molecule is O=[N+]([O-])c1cccc(Cn2cc(CNCC3CC3)nn2)c1. The highest BCUT2D eigenvalue weighted by Gasteiger charge is 2.20. The quantitative estimate of drug-likeness (QED) is 0.619. The molecule has 0 radical (unpaired) electrons. The van der Waals surface area contributed by atoms with Crippen LogP contribution in [0.4, 0.5) is 5.69 Å². The van der Waals surface area contributed by atoms with E-state index in [4.69, 9.17) is 0 Å². The van der Waals surface area contributed by atoms with Crippen LogP contribution in [0, 0.1) is 16.0 Å². The van der Waals surface area contributed by atoms with Gasteiger partial charge >= 0.3 is 0 Å². The number of benzene rings is 1. The van der Waals surface area contributed by atoms with Crippen LogP contribution in [0.3, 0.4) is 0 Å². The molecule has 7 nitrogen and oxygen atoms in total. The molecule has 1 aliphatic rings. The number of hydrogen-bond acceptors (Lipinski definition) is 5. The van der Waals surface area contributed by atoms with Crippen LogP contribution in [0.25, 0.3) is 0 Å². The summed E-state index contributed by atoms with van der Waals surface area (Å²) in [4.78, 5) is 10.4. The number of nitrogens with one attached hydrogen (secondary N) is 1. The lowest BCUT2D eigenvalue weighted by atomic mass is 10.2. The van der Waals surface area contributed by atoms with E-state index in [-0.39, 0.29) is 5.69 Å². The van der Waals surface area contributed by atoms with Crippen molar-refractivity contribution < 1.29 is 4.92 Å². The lowest BCUT2D eigenvalue weighted by Gasteiger charge is -2.01. The van der Waals surface area contributed by atoms with Crippen LogP contribution < -0.4 is 5.32 Å². The van der Waals surface area contributed by atoms with E-state index in [9.17, 15) is 10.1 Å². The van der Waals surface area contributed by atoms with Gasteiger partial charge in [-0.2, -0.15) is 0 Å². The van der Waals surface area contributed by atoms with Gasteiger partial charge in [0.15, 0.2) is 0 Å². The fourth-order valence-corrected chi connectivity index (χ4v) is 2.18. The van der Waals surface area contributed by atoms with Gasteiger partial charge in [0.1, 0.15) is 0 Å². The van der Waals surface area contributed by atoms with Gasteiger partial charge in [-0.15, -0.1) is 5.10 Å². The van der Waals surface area contributed by atoms with Gasteiger partial charge in [-0.05, 0) is 30.9 Å². The van der Waals surface area contributed by atoms with Crippen LogP contribution in [0.2, 0.25) is 0 Å². The average Bonchev–Trinajstić information content (AvgIpc) is 3.19. The third-order valence-electron chi connectivity index (χ3n) is 3.49. The molecule has 1 aromatic heterocycles. The standard InChI is InChI=1S/C14H17N5O2/c20-19(21)14-3-1-2-12(6-14)9-18-10-13(16-17-18)8-15-7-11-4-5-11/h1-3,6,10-11,15H,4-5,7-9H2. The first-order valence-electron chi connectivity index (χ1n) is 7.04. The minimum absolute atomic E-state index is 0.0962. The van der Waals surface area contributed by atoms with E-state index in [1.165, 1.54) is 18.9 Å². The minimum atomic E-state index is -0.391. The molecule has 21 heavy (non-hydrogen) atoms. The Balaban J connectivity index is 1.58. The fourth-order valence-electron chi connectivity index (χ4n) is 2.18. The van der Waals surface area contributed by atoms with Crippen molar-refractivity contribution in [3.63, 3.8) is 0 Å². The molecule has 1 fully saturated rings. The molecule has 110 valence electrons. The molecule has 1 saturated carbocycles. The Morgan fingerprint density at radius 3 is 3.05 bits per heavy atom. The van der Waals surface area contributed by atoms with Crippen molar-refractivity contribution in [3.8, 4) is 0 Å². The van der Waals surface area contributed by atoms with E-state index < -0.39 is 4.92 Å². The molecule has 1 heterocycles. The fraction of sp³-hybridized carbons (Fsp3) is 0.429. The molecule has 1 aliphatic carbocycles. The van der Waals surface area contributed by atoms with Crippen LogP contribution >= 0.6 is 0 Å². The molecule has 1 aromatic carbocycles. The van der Waals surface area contributed by atoms with Crippen LogP contribution in [0.15, 0.2) is 30.5 Å². The monoisotopic (exact) mass is 287 g/mol. The first-order chi connectivity index (χ1) is 10.2. The maximum absolute atomic E-state index is 10.8. The Kier molecular flexibility index (Phi) is 3.92. The molecule has 0 saturated heterocycles. The summed E-state index contributed by atoms with van der Waals surface area (Å²) in [6.45, 7) is 2.24. The lowest BCUT2D eigenvalue weighted by molar-refractivity contribution is -0.384. The topological polar surface area (TPSA) is 85.9 Å². The van der Waals surface area contributed by atoms with Crippen molar-refractivity contribution in [2.24, 2.45) is 5.92 Å². The average molecular weight is 287 g/mol. The Morgan fingerprint density at radius 2 is 2.29 bits per heavy atom. The minimum Gasteiger partial charge on any atom is -0.311 e. The highest BCUT2D eigenvalue weighted by molar-refractivity contribution is 5.34. The zero-order chi connectivity index (χ0) is 14.7. The van der Waals surface area contributed by atoms with Gasteiger partial charge in [-0.25, -0.2) is 4.68 Å². The van der Waals surface area contributed by atoms with E-state index in [1.54, 1.807) is 16.8 Å². The summed E-state index contributed by atoms with van der Waals surface area (Å²) in [5.74, 6) is 0.838. The molecule has 0 amide bonds. The number of aromatic nitrogens is 3. The highest BCUT2D eigenvalue weighted by atomic mass is 16.6. The Labute approximate surface area is 122 Å². The number of nitro groups is 1. The van der Waals surface area contributed by atoms with Crippen LogP contribution in [0.1, 0.15) is 24.1 Å². The molecule has 0 bridgehead atoms. The van der Waals surface area contributed by atoms with E-state index in [0.29, 0.717) is 13.1 Å². The van der Waals surface area contributed by atoms with E-state index in [1.807, 2.05) is 12.3 Å². The van der Waals surface area contributed by atoms with E-state index in [2.05, 4.69) is 15.6 Å².